The number of aliphatic hydroxyl groups excluding tert-OH is 1. The zero-order valence-corrected chi connectivity index (χ0v) is 9.01. The van der Waals surface area contributed by atoms with Crippen molar-refractivity contribution in [2.24, 2.45) is 5.73 Å². The summed E-state index contributed by atoms with van der Waals surface area (Å²) in [5.41, 5.74) is 6.10. The number of hydrogen-bond donors (Lipinski definition) is 3. The molecule has 0 aromatic heterocycles. The average Bonchev–Trinajstić information content (AvgIpc) is 2.18. The molecule has 1 aromatic rings. The summed E-state index contributed by atoms with van der Waals surface area (Å²) in [7, 11) is 0. The van der Waals surface area contributed by atoms with Gasteiger partial charge in [-0.25, -0.2) is 4.39 Å². The maximum absolute atomic E-state index is 12.9. The monoisotopic (exact) mass is 235 g/mol. The van der Waals surface area contributed by atoms with Crippen LogP contribution in [-0.4, -0.2) is 16.8 Å². The molecular formula is C10H15ClFNO2. The Morgan fingerprint density at radius 1 is 1.40 bits per heavy atom. The van der Waals surface area contributed by atoms with Crippen molar-refractivity contribution >= 4 is 12.4 Å². The van der Waals surface area contributed by atoms with Crippen molar-refractivity contribution in [3.63, 3.8) is 0 Å². The highest BCUT2D eigenvalue weighted by molar-refractivity contribution is 5.85. The van der Waals surface area contributed by atoms with Crippen molar-refractivity contribution in [3.05, 3.63) is 29.6 Å². The highest BCUT2D eigenvalue weighted by Gasteiger charge is 2.12. The second-order valence-electron chi connectivity index (χ2n) is 3.15. The summed E-state index contributed by atoms with van der Waals surface area (Å²) in [6, 6.07) is 3.83. The molecule has 0 spiro atoms. The minimum atomic E-state index is -0.665. The molecule has 0 saturated carbocycles. The van der Waals surface area contributed by atoms with E-state index in [0.29, 0.717) is 18.4 Å². The Bertz CT molecular complexity index is 309. The van der Waals surface area contributed by atoms with Crippen LogP contribution in [0.3, 0.4) is 0 Å². The fourth-order valence-electron chi connectivity index (χ4n) is 1.30. The fraction of sp³-hybridized carbons (Fsp3) is 0.400. The Morgan fingerprint density at radius 2 is 2.07 bits per heavy atom. The first kappa shape index (κ1) is 14.2. The highest BCUT2D eigenvalue weighted by atomic mass is 35.5. The molecule has 0 aliphatic carbocycles. The van der Waals surface area contributed by atoms with Crippen LogP contribution in [0.5, 0.6) is 5.75 Å². The van der Waals surface area contributed by atoms with Gasteiger partial charge in [0.1, 0.15) is 0 Å². The van der Waals surface area contributed by atoms with E-state index in [1.54, 1.807) is 6.07 Å². The Morgan fingerprint density at radius 3 is 2.67 bits per heavy atom. The smallest absolute Gasteiger partial charge is 0.165 e. The van der Waals surface area contributed by atoms with E-state index in [9.17, 15) is 9.50 Å². The number of phenolic OH excluding ortho intramolecular Hbond substituents is 1. The molecule has 0 fully saturated rings. The van der Waals surface area contributed by atoms with Gasteiger partial charge in [0.25, 0.3) is 0 Å². The zero-order valence-electron chi connectivity index (χ0n) is 8.19. The Hall–Kier alpha value is -0.840. The van der Waals surface area contributed by atoms with Crippen LogP contribution < -0.4 is 5.73 Å². The molecule has 5 heteroatoms. The highest BCUT2D eigenvalue weighted by Crippen LogP contribution is 2.27. The molecule has 1 aromatic carbocycles. The van der Waals surface area contributed by atoms with Crippen LogP contribution >= 0.6 is 12.4 Å². The molecule has 0 radical (unpaired) electrons. The molecule has 15 heavy (non-hydrogen) atoms. The van der Waals surface area contributed by atoms with E-state index >= 15 is 0 Å². The maximum atomic E-state index is 12.9. The Balaban J connectivity index is 0.00000196. The van der Waals surface area contributed by atoms with Gasteiger partial charge in [0.15, 0.2) is 11.6 Å². The SMILES string of the molecule is Cl.N[C@H](CCCO)c1cccc(F)c1O. The van der Waals surface area contributed by atoms with Gasteiger partial charge < -0.3 is 15.9 Å². The van der Waals surface area contributed by atoms with Crippen molar-refractivity contribution in [2.45, 2.75) is 18.9 Å². The summed E-state index contributed by atoms with van der Waals surface area (Å²) < 4.78 is 12.9. The van der Waals surface area contributed by atoms with Gasteiger partial charge in [-0.3, -0.25) is 0 Å². The van der Waals surface area contributed by atoms with Gasteiger partial charge in [0.2, 0.25) is 0 Å². The zero-order chi connectivity index (χ0) is 10.6. The molecule has 0 heterocycles. The van der Waals surface area contributed by atoms with Crippen molar-refractivity contribution in [2.75, 3.05) is 6.61 Å². The quantitative estimate of drug-likeness (QED) is 0.745. The van der Waals surface area contributed by atoms with Crippen molar-refractivity contribution in [1.29, 1.82) is 0 Å². The van der Waals surface area contributed by atoms with Crippen LogP contribution in [0.4, 0.5) is 4.39 Å². The first-order chi connectivity index (χ1) is 6.66. The first-order valence-electron chi connectivity index (χ1n) is 4.50. The van der Waals surface area contributed by atoms with E-state index in [4.69, 9.17) is 10.8 Å². The third-order valence-electron chi connectivity index (χ3n) is 2.09. The molecule has 0 bridgehead atoms. The molecule has 0 saturated heterocycles. The molecule has 1 atom stereocenters. The van der Waals surface area contributed by atoms with Gasteiger partial charge in [-0.2, -0.15) is 0 Å². The largest absolute Gasteiger partial charge is 0.505 e. The minimum Gasteiger partial charge on any atom is -0.505 e. The van der Waals surface area contributed by atoms with E-state index in [2.05, 4.69) is 0 Å². The summed E-state index contributed by atoms with van der Waals surface area (Å²) in [4.78, 5) is 0. The molecule has 0 amide bonds. The predicted molar refractivity (Wildman–Crippen MR) is 58.6 cm³/mol. The van der Waals surface area contributed by atoms with Crippen LogP contribution in [0.1, 0.15) is 24.4 Å². The van der Waals surface area contributed by atoms with E-state index in [1.807, 2.05) is 0 Å². The first-order valence-corrected chi connectivity index (χ1v) is 4.50. The number of hydrogen-bond acceptors (Lipinski definition) is 3. The lowest BCUT2D eigenvalue weighted by Gasteiger charge is -2.12. The summed E-state index contributed by atoms with van der Waals surface area (Å²) in [5, 5.41) is 17.9. The molecule has 1 rings (SSSR count). The minimum absolute atomic E-state index is 0. The molecule has 4 N–H and O–H groups in total. The van der Waals surface area contributed by atoms with E-state index in [1.165, 1.54) is 12.1 Å². The van der Waals surface area contributed by atoms with Crippen LogP contribution in [0.2, 0.25) is 0 Å². The van der Waals surface area contributed by atoms with Gasteiger partial charge in [0, 0.05) is 18.2 Å². The molecule has 0 unspecified atom stereocenters. The summed E-state index contributed by atoms with van der Waals surface area (Å²) in [5.74, 6) is -1.06. The number of aliphatic hydroxyl groups is 1. The third-order valence-corrected chi connectivity index (χ3v) is 2.09. The van der Waals surface area contributed by atoms with Gasteiger partial charge >= 0.3 is 0 Å². The van der Waals surface area contributed by atoms with Crippen molar-refractivity contribution in [3.8, 4) is 5.75 Å². The second-order valence-corrected chi connectivity index (χ2v) is 3.15. The lowest BCUT2D eigenvalue weighted by molar-refractivity contribution is 0.279. The van der Waals surface area contributed by atoms with Crippen LogP contribution in [0.25, 0.3) is 0 Å². The van der Waals surface area contributed by atoms with Gasteiger partial charge in [0.05, 0.1) is 0 Å². The number of halogens is 2. The third kappa shape index (κ3) is 3.66. The number of aromatic hydroxyl groups is 1. The number of rotatable bonds is 4. The molecular weight excluding hydrogens is 221 g/mol. The summed E-state index contributed by atoms with van der Waals surface area (Å²) in [6.07, 6.45) is 1.06. The average molecular weight is 236 g/mol. The summed E-state index contributed by atoms with van der Waals surface area (Å²) in [6.45, 7) is 0.0454. The lowest BCUT2D eigenvalue weighted by Crippen LogP contribution is -2.11. The fourth-order valence-corrected chi connectivity index (χ4v) is 1.30. The molecule has 3 nitrogen and oxygen atoms in total. The van der Waals surface area contributed by atoms with Crippen LogP contribution in [0, 0.1) is 5.82 Å². The number of para-hydroxylation sites is 1. The van der Waals surface area contributed by atoms with Crippen LogP contribution in [-0.2, 0) is 0 Å². The molecule has 0 aliphatic rings. The van der Waals surface area contributed by atoms with E-state index in [0.717, 1.165) is 0 Å². The summed E-state index contributed by atoms with van der Waals surface area (Å²) >= 11 is 0. The van der Waals surface area contributed by atoms with Crippen molar-refractivity contribution < 1.29 is 14.6 Å². The number of phenols is 1. The topological polar surface area (TPSA) is 66.5 Å². The van der Waals surface area contributed by atoms with E-state index < -0.39 is 17.6 Å². The number of nitrogens with two attached hydrogens (primary N) is 1. The Labute approximate surface area is 94.1 Å². The molecule has 0 aliphatic heterocycles. The van der Waals surface area contributed by atoms with Gasteiger partial charge in [-0.1, -0.05) is 12.1 Å². The molecule has 86 valence electrons. The van der Waals surface area contributed by atoms with Gasteiger partial charge in [-0.05, 0) is 18.9 Å². The van der Waals surface area contributed by atoms with E-state index in [-0.39, 0.29) is 19.0 Å². The maximum Gasteiger partial charge on any atom is 0.165 e. The lowest BCUT2D eigenvalue weighted by atomic mass is 10.0. The number of benzene rings is 1. The Kier molecular flexibility index (Phi) is 6.24. The second kappa shape index (κ2) is 6.61. The standard InChI is InChI=1S/C10H14FNO2.ClH/c11-8-4-1-3-7(10(8)14)9(12)5-2-6-13;/h1,3-4,9,13-14H,2,5-6,12H2;1H/t9-;/m1./s1. The van der Waals surface area contributed by atoms with Gasteiger partial charge in [-0.15, -0.1) is 12.4 Å². The van der Waals surface area contributed by atoms with Crippen molar-refractivity contribution in [1.82, 2.24) is 0 Å². The normalized spacial score (nSPS) is 11.9. The predicted octanol–water partition coefficient (Wildman–Crippen LogP) is 1.73. The van der Waals surface area contributed by atoms with Crippen LogP contribution in [0.15, 0.2) is 18.2 Å².